The van der Waals surface area contributed by atoms with Gasteiger partial charge in [0.25, 0.3) is 0 Å². The molecular formula is C9H13BrN6S. The van der Waals surface area contributed by atoms with E-state index < -0.39 is 0 Å². The Kier molecular flexibility index (Phi) is 5.18. The first-order chi connectivity index (χ1) is 8.10. The zero-order valence-corrected chi connectivity index (χ0v) is 12.0. The molecule has 8 heteroatoms. The molecule has 0 amide bonds. The predicted octanol–water partition coefficient (Wildman–Crippen LogP) is 1.07. The van der Waals surface area contributed by atoms with E-state index in [9.17, 15) is 0 Å². The highest BCUT2D eigenvalue weighted by Crippen LogP contribution is 2.25. The molecule has 0 aromatic carbocycles. The number of rotatable bonds is 4. The summed E-state index contributed by atoms with van der Waals surface area (Å²) in [5.74, 6) is 1.08. The third kappa shape index (κ3) is 3.57. The van der Waals surface area contributed by atoms with Gasteiger partial charge < -0.3 is 10.6 Å². The smallest absolute Gasteiger partial charge is 0.204 e. The van der Waals surface area contributed by atoms with Gasteiger partial charge in [-0.3, -0.25) is 4.99 Å². The highest BCUT2D eigenvalue weighted by molar-refractivity contribution is 9.10. The fourth-order valence-corrected chi connectivity index (χ4v) is 2.51. The van der Waals surface area contributed by atoms with E-state index in [-0.39, 0.29) is 5.96 Å². The summed E-state index contributed by atoms with van der Waals surface area (Å²) in [4.78, 5) is 7.07. The average molecular weight is 317 g/mol. The highest BCUT2D eigenvalue weighted by atomic mass is 79.9. The van der Waals surface area contributed by atoms with Gasteiger partial charge in [0.1, 0.15) is 0 Å². The van der Waals surface area contributed by atoms with Gasteiger partial charge in [-0.25, -0.2) is 4.90 Å². The minimum absolute atomic E-state index is 0.221. The van der Waals surface area contributed by atoms with Crippen molar-refractivity contribution < 1.29 is 0 Å². The van der Waals surface area contributed by atoms with Gasteiger partial charge in [-0.2, -0.15) is 9.64 Å². The van der Waals surface area contributed by atoms with Gasteiger partial charge in [0.2, 0.25) is 5.96 Å². The van der Waals surface area contributed by atoms with Crippen LogP contribution in [0.4, 0.5) is 5.82 Å². The van der Waals surface area contributed by atoms with Crippen LogP contribution in [0.1, 0.15) is 0 Å². The SMILES string of the molecule is CN=C(N)N(C#N)CCN(C)c1nscc1Br. The second kappa shape index (κ2) is 6.42. The monoisotopic (exact) mass is 316 g/mol. The van der Waals surface area contributed by atoms with E-state index >= 15 is 0 Å². The third-order valence-corrected chi connectivity index (χ3v) is 3.66. The normalized spacial score (nSPS) is 11.1. The maximum absolute atomic E-state index is 8.90. The van der Waals surface area contributed by atoms with Crippen LogP contribution in [-0.4, -0.2) is 42.4 Å². The van der Waals surface area contributed by atoms with Crippen molar-refractivity contribution in [2.75, 3.05) is 32.1 Å². The number of likely N-dealkylation sites (N-methyl/N-ethyl adjacent to an activating group) is 1. The van der Waals surface area contributed by atoms with E-state index in [2.05, 4.69) is 25.3 Å². The lowest BCUT2D eigenvalue weighted by atomic mass is 10.5. The first-order valence-corrected chi connectivity index (χ1v) is 6.43. The summed E-state index contributed by atoms with van der Waals surface area (Å²) in [6, 6.07) is 0. The van der Waals surface area contributed by atoms with E-state index in [1.165, 1.54) is 16.4 Å². The summed E-state index contributed by atoms with van der Waals surface area (Å²) in [7, 11) is 3.47. The third-order valence-electron chi connectivity index (χ3n) is 2.16. The van der Waals surface area contributed by atoms with Crippen LogP contribution >= 0.6 is 27.5 Å². The number of halogens is 1. The molecule has 0 saturated carbocycles. The molecule has 0 fully saturated rings. The quantitative estimate of drug-likeness (QED) is 0.389. The Morgan fingerprint density at radius 3 is 2.88 bits per heavy atom. The molecule has 0 aliphatic heterocycles. The van der Waals surface area contributed by atoms with Gasteiger partial charge in [-0.15, -0.1) is 0 Å². The van der Waals surface area contributed by atoms with Crippen LogP contribution in [0.3, 0.4) is 0 Å². The number of guanidine groups is 1. The van der Waals surface area contributed by atoms with Gasteiger partial charge in [-0.1, -0.05) is 0 Å². The van der Waals surface area contributed by atoms with Crippen LogP contribution in [0.15, 0.2) is 14.8 Å². The van der Waals surface area contributed by atoms with Crippen LogP contribution in [0.2, 0.25) is 0 Å². The van der Waals surface area contributed by atoms with Crippen molar-refractivity contribution in [2.45, 2.75) is 0 Å². The van der Waals surface area contributed by atoms with E-state index in [1.54, 1.807) is 7.05 Å². The molecular weight excluding hydrogens is 304 g/mol. The van der Waals surface area contributed by atoms with Crippen molar-refractivity contribution in [3.63, 3.8) is 0 Å². The molecule has 0 bridgehead atoms. The summed E-state index contributed by atoms with van der Waals surface area (Å²) in [6.07, 6.45) is 1.99. The second-order valence-electron chi connectivity index (χ2n) is 3.24. The number of nitrogens with zero attached hydrogens (tertiary/aromatic N) is 5. The zero-order valence-electron chi connectivity index (χ0n) is 9.59. The number of hydrogen-bond donors (Lipinski definition) is 1. The van der Waals surface area contributed by atoms with Crippen LogP contribution in [0.5, 0.6) is 0 Å². The molecule has 17 heavy (non-hydrogen) atoms. The van der Waals surface area contributed by atoms with Crippen LogP contribution in [-0.2, 0) is 0 Å². The summed E-state index contributed by atoms with van der Waals surface area (Å²) < 4.78 is 5.19. The predicted molar refractivity (Wildman–Crippen MR) is 72.9 cm³/mol. The zero-order chi connectivity index (χ0) is 12.8. The van der Waals surface area contributed by atoms with E-state index in [0.29, 0.717) is 13.1 Å². The number of anilines is 1. The number of aromatic nitrogens is 1. The fourth-order valence-electron chi connectivity index (χ4n) is 1.16. The van der Waals surface area contributed by atoms with Gasteiger partial charge in [-0.05, 0) is 27.5 Å². The summed E-state index contributed by atoms with van der Waals surface area (Å²) in [5, 5.41) is 10.8. The minimum atomic E-state index is 0.221. The maximum atomic E-state index is 8.90. The Hall–Kier alpha value is -1.33. The standard InChI is InChI=1S/C9H13BrN6S/c1-13-9(12)16(6-11)4-3-15(2)8-7(10)5-17-14-8/h5H,3-4H2,1-2H3,(H2,12,13). The maximum Gasteiger partial charge on any atom is 0.204 e. The molecule has 0 aliphatic rings. The fraction of sp³-hybridized carbons (Fsp3) is 0.444. The Balaban J connectivity index is 2.57. The molecule has 0 spiro atoms. The highest BCUT2D eigenvalue weighted by Gasteiger charge is 2.11. The molecule has 1 rings (SSSR count). The summed E-state index contributed by atoms with van der Waals surface area (Å²) in [5.41, 5.74) is 5.57. The molecule has 0 radical (unpaired) electrons. The molecule has 0 aliphatic carbocycles. The summed E-state index contributed by atoms with van der Waals surface area (Å²) in [6.45, 7) is 1.10. The lowest BCUT2D eigenvalue weighted by Gasteiger charge is -2.20. The first-order valence-electron chi connectivity index (χ1n) is 4.80. The Labute approximate surface area is 113 Å². The van der Waals surface area contributed by atoms with Gasteiger partial charge in [0, 0.05) is 26.0 Å². The molecule has 2 N–H and O–H groups in total. The van der Waals surface area contributed by atoms with Crippen LogP contribution < -0.4 is 10.6 Å². The Morgan fingerprint density at radius 1 is 1.71 bits per heavy atom. The van der Waals surface area contributed by atoms with E-state index in [4.69, 9.17) is 11.0 Å². The van der Waals surface area contributed by atoms with E-state index in [1.807, 2.05) is 23.5 Å². The molecule has 0 atom stereocenters. The minimum Gasteiger partial charge on any atom is -0.369 e. The molecule has 1 heterocycles. The average Bonchev–Trinajstić information content (AvgIpc) is 2.75. The molecule has 92 valence electrons. The van der Waals surface area contributed by atoms with E-state index in [0.717, 1.165) is 10.3 Å². The number of nitrogens with two attached hydrogens (primary N) is 1. The van der Waals surface area contributed by atoms with Crippen LogP contribution in [0.25, 0.3) is 0 Å². The Bertz CT molecular complexity index is 437. The molecule has 1 aromatic rings. The van der Waals surface area contributed by atoms with Crippen molar-refractivity contribution in [1.29, 1.82) is 5.26 Å². The lowest BCUT2D eigenvalue weighted by Crippen LogP contribution is -2.38. The van der Waals surface area contributed by atoms with Crippen molar-refractivity contribution >= 4 is 39.2 Å². The summed E-state index contributed by atoms with van der Waals surface area (Å²) >= 11 is 4.79. The van der Waals surface area contributed by atoms with Crippen molar-refractivity contribution in [2.24, 2.45) is 10.7 Å². The van der Waals surface area contributed by atoms with Gasteiger partial charge in [0.15, 0.2) is 12.0 Å². The number of nitriles is 1. The van der Waals surface area contributed by atoms with Crippen molar-refractivity contribution in [3.05, 3.63) is 9.85 Å². The first kappa shape index (κ1) is 13.7. The number of aliphatic imine (C=N–C) groups is 1. The topological polar surface area (TPSA) is 81.5 Å². The van der Waals surface area contributed by atoms with Crippen LogP contribution in [0, 0.1) is 11.5 Å². The lowest BCUT2D eigenvalue weighted by molar-refractivity contribution is 0.566. The largest absolute Gasteiger partial charge is 0.369 e. The molecule has 1 aromatic heterocycles. The molecule has 0 saturated heterocycles. The Morgan fingerprint density at radius 2 is 2.41 bits per heavy atom. The van der Waals surface area contributed by atoms with Gasteiger partial charge in [0.05, 0.1) is 11.0 Å². The van der Waals surface area contributed by atoms with Gasteiger partial charge >= 0.3 is 0 Å². The van der Waals surface area contributed by atoms with Crippen molar-refractivity contribution in [1.82, 2.24) is 9.27 Å². The number of hydrogen-bond acceptors (Lipinski definition) is 5. The molecule has 0 unspecified atom stereocenters. The van der Waals surface area contributed by atoms with Crippen molar-refractivity contribution in [3.8, 4) is 6.19 Å². The molecule has 6 nitrogen and oxygen atoms in total. The second-order valence-corrected chi connectivity index (χ2v) is 4.72.